The van der Waals surface area contributed by atoms with Gasteiger partial charge in [0.15, 0.2) is 0 Å². The van der Waals surface area contributed by atoms with Crippen molar-refractivity contribution in [3.63, 3.8) is 0 Å². The molecule has 1 amide bonds. The first kappa shape index (κ1) is 12.2. The average molecular weight is 248 g/mol. The molecule has 1 aromatic heterocycles. The Bertz CT molecular complexity index is 527. The Hall–Kier alpha value is -2.24. The van der Waals surface area contributed by atoms with Gasteiger partial charge in [0.1, 0.15) is 24.5 Å². The third-order valence-electron chi connectivity index (χ3n) is 2.57. The lowest BCUT2D eigenvalue weighted by atomic mass is 10.2. The van der Waals surface area contributed by atoms with E-state index in [1.165, 1.54) is 29.5 Å². The molecule has 0 aliphatic heterocycles. The van der Waals surface area contributed by atoms with E-state index in [0.717, 1.165) is 0 Å². The van der Waals surface area contributed by atoms with Gasteiger partial charge in [0.05, 0.1) is 0 Å². The van der Waals surface area contributed by atoms with Crippen LogP contribution in [0.1, 0.15) is 18.5 Å². The Kier molecular flexibility index (Phi) is 3.66. The van der Waals surface area contributed by atoms with Crippen molar-refractivity contribution in [2.45, 2.75) is 19.5 Å². The van der Waals surface area contributed by atoms with Crippen LogP contribution in [0.5, 0.6) is 0 Å². The van der Waals surface area contributed by atoms with Crippen molar-refractivity contribution in [2.24, 2.45) is 0 Å². The van der Waals surface area contributed by atoms with Crippen LogP contribution in [0.4, 0.5) is 4.39 Å². The molecule has 5 nitrogen and oxygen atoms in total. The highest BCUT2D eigenvalue weighted by atomic mass is 19.1. The minimum atomic E-state index is -0.443. The fourth-order valence-electron chi connectivity index (χ4n) is 1.52. The topological polar surface area (TPSA) is 59.8 Å². The number of nitrogens with zero attached hydrogens (tertiary/aromatic N) is 3. The first-order chi connectivity index (χ1) is 8.66. The molecule has 0 aliphatic rings. The zero-order chi connectivity index (χ0) is 13.0. The van der Waals surface area contributed by atoms with E-state index in [0.29, 0.717) is 5.56 Å². The number of hydrogen-bond acceptors (Lipinski definition) is 3. The number of aromatic nitrogens is 3. The monoisotopic (exact) mass is 248 g/mol. The highest BCUT2D eigenvalue weighted by Crippen LogP contribution is 2.05. The maximum Gasteiger partial charge on any atom is 0.244 e. The minimum Gasteiger partial charge on any atom is -0.350 e. The molecule has 2 rings (SSSR count). The van der Waals surface area contributed by atoms with E-state index in [-0.39, 0.29) is 18.3 Å². The predicted molar refractivity (Wildman–Crippen MR) is 63.0 cm³/mol. The molecule has 0 radical (unpaired) electrons. The van der Waals surface area contributed by atoms with Crippen molar-refractivity contribution >= 4 is 5.91 Å². The zero-order valence-corrected chi connectivity index (χ0v) is 9.88. The number of hydrogen-bond donors (Lipinski definition) is 1. The molecule has 0 bridgehead atoms. The lowest BCUT2D eigenvalue weighted by molar-refractivity contribution is -0.124. The van der Waals surface area contributed by atoms with E-state index in [4.69, 9.17) is 0 Å². The molecule has 0 saturated heterocycles. The number of benzene rings is 1. The lowest BCUT2D eigenvalue weighted by Gasteiger charge is -2.12. The van der Waals surface area contributed by atoms with E-state index in [2.05, 4.69) is 15.4 Å². The molecule has 1 aromatic carbocycles. The van der Waals surface area contributed by atoms with E-state index < -0.39 is 6.04 Å². The number of amides is 1. The summed E-state index contributed by atoms with van der Waals surface area (Å²) in [5.74, 6) is -0.504. The normalized spacial score (nSPS) is 12.1. The van der Waals surface area contributed by atoms with Crippen LogP contribution in [0.3, 0.4) is 0 Å². The summed E-state index contributed by atoms with van der Waals surface area (Å²) in [6, 6.07) is 5.67. The highest BCUT2D eigenvalue weighted by molar-refractivity contribution is 5.79. The minimum absolute atomic E-state index is 0.190. The number of rotatable bonds is 4. The number of nitrogens with one attached hydrogen (secondary N) is 1. The van der Waals surface area contributed by atoms with Gasteiger partial charge in [-0.25, -0.2) is 14.1 Å². The van der Waals surface area contributed by atoms with E-state index in [1.54, 1.807) is 19.1 Å². The molecule has 0 aliphatic carbocycles. The van der Waals surface area contributed by atoms with Crippen LogP contribution in [0.2, 0.25) is 0 Å². The van der Waals surface area contributed by atoms with E-state index >= 15 is 0 Å². The average Bonchev–Trinajstić information content (AvgIpc) is 2.89. The van der Waals surface area contributed by atoms with Crippen LogP contribution in [-0.4, -0.2) is 20.7 Å². The summed E-state index contributed by atoms with van der Waals surface area (Å²) in [5, 5.41) is 6.61. The summed E-state index contributed by atoms with van der Waals surface area (Å²) in [6.07, 6.45) is 2.85. The molecular weight excluding hydrogens is 235 g/mol. The highest BCUT2D eigenvalue weighted by Gasteiger charge is 2.14. The molecule has 2 aromatic rings. The first-order valence-electron chi connectivity index (χ1n) is 5.53. The van der Waals surface area contributed by atoms with E-state index in [9.17, 15) is 9.18 Å². The maximum atomic E-state index is 12.9. The Morgan fingerprint density at radius 1 is 1.56 bits per heavy atom. The molecule has 6 heteroatoms. The van der Waals surface area contributed by atoms with Gasteiger partial charge in [-0.05, 0) is 24.6 Å². The van der Waals surface area contributed by atoms with Crippen molar-refractivity contribution in [1.82, 2.24) is 20.1 Å². The molecule has 1 atom stereocenters. The molecule has 0 fully saturated rings. The smallest absolute Gasteiger partial charge is 0.244 e. The van der Waals surface area contributed by atoms with Crippen molar-refractivity contribution in [1.29, 1.82) is 0 Å². The van der Waals surface area contributed by atoms with Crippen LogP contribution in [-0.2, 0) is 11.3 Å². The molecule has 1 heterocycles. The molecule has 1 unspecified atom stereocenters. The molecule has 18 heavy (non-hydrogen) atoms. The van der Waals surface area contributed by atoms with Crippen LogP contribution in [0, 0.1) is 5.82 Å². The van der Waals surface area contributed by atoms with Gasteiger partial charge in [0.2, 0.25) is 5.91 Å². The summed E-state index contributed by atoms with van der Waals surface area (Å²) in [4.78, 5) is 15.6. The van der Waals surface area contributed by atoms with Crippen LogP contribution < -0.4 is 5.32 Å². The first-order valence-corrected chi connectivity index (χ1v) is 5.53. The summed E-state index contributed by atoms with van der Waals surface area (Å²) in [5.41, 5.74) is 0.717. The summed E-state index contributed by atoms with van der Waals surface area (Å²) in [6.45, 7) is 2.01. The van der Waals surface area contributed by atoms with Gasteiger partial charge in [-0.1, -0.05) is 12.1 Å². The molecule has 0 saturated carbocycles. The van der Waals surface area contributed by atoms with Gasteiger partial charge < -0.3 is 5.32 Å². The Balaban J connectivity index is 1.92. The second-order valence-corrected chi connectivity index (χ2v) is 3.90. The van der Waals surface area contributed by atoms with Gasteiger partial charge in [0, 0.05) is 6.54 Å². The van der Waals surface area contributed by atoms with Crippen molar-refractivity contribution in [2.75, 3.05) is 0 Å². The SMILES string of the molecule is CC(C(=O)NCc1cccc(F)c1)n1cncn1. The largest absolute Gasteiger partial charge is 0.350 e. The van der Waals surface area contributed by atoms with Crippen molar-refractivity contribution in [3.05, 3.63) is 48.3 Å². The van der Waals surface area contributed by atoms with Crippen LogP contribution >= 0.6 is 0 Å². The molecule has 94 valence electrons. The predicted octanol–water partition coefficient (Wildman–Crippen LogP) is 1.29. The van der Waals surface area contributed by atoms with Crippen LogP contribution in [0.15, 0.2) is 36.9 Å². The summed E-state index contributed by atoms with van der Waals surface area (Å²) in [7, 11) is 0. The quantitative estimate of drug-likeness (QED) is 0.887. The zero-order valence-electron chi connectivity index (χ0n) is 9.88. The third-order valence-corrected chi connectivity index (χ3v) is 2.57. The summed E-state index contributed by atoms with van der Waals surface area (Å²) < 4.78 is 14.4. The number of carbonyl (C=O) groups is 1. The van der Waals surface area contributed by atoms with Gasteiger partial charge in [-0.3, -0.25) is 4.79 Å². The molecular formula is C12H13FN4O. The number of carbonyl (C=O) groups excluding carboxylic acids is 1. The van der Waals surface area contributed by atoms with Gasteiger partial charge in [-0.2, -0.15) is 5.10 Å². The van der Waals surface area contributed by atoms with Crippen molar-refractivity contribution < 1.29 is 9.18 Å². The number of halogens is 1. The second-order valence-electron chi connectivity index (χ2n) is 3.90. The maximum absolute atomic E-state index is 12.9. The van der Waals surface area contributed by atoms with Crippen molar-refractivity contribution in [3.8, 4) is 0 Å². The molecule has 0 spiro atoms. The van der Waals surface area contributed by atoms with E-state index in [1.807, 2.05) is 0 Å². The fourth-order valence-corrected chi connectivity index (χ4v) is 1.52. The van der Waals surface area contributed by atoms with Gasteiger partial charge in [0.25, 0.3) is 0 Å². The molecule has 1 N–H and O–H groups in total. The Morgan fingerprint density at radius 3 is 3.06 bits per heavy atom. The Morgan fingerprint density at radius 2 is 2.39 bits per heavy atom. The van der Waals surface area contributed by atoms with Gasteiger partial charge >= 0.3 is 0 Å². The fraction of sp³-hybridized carbons (Fsp3) is 0.250. The standard InChI is InChI=1S/C12H13FN4O/c1-9(17-8-14-7-16-17)12(18)15-6-10-3-2-4-11(13)5-10/h2-5,7-9H,6H2,1H3,(H,15,18). The Labute approximate surface area is 104 Å². The van der Waals surface area contributed by atoms with Gasteiger partial charge in [-0.15, -0.1) is 0 Å². The van der Waals surface area contributed by atoms with Crippen LogP contribution in [0.25, 0.3) is 0 Å². The second kappa shape index (κ2) is 5.39. The lowest BCUT2D eigenvalue weighted by Crippen LogP contribution is -2.30. The summed E-state index contributed by atoms with van der Waals surface area (Å²) >= 11 is 0. The third kappa shape index (κ3) is 2.91.